The summed E-state index contributed by atoms with van der Waals surface area (Å²) in [6, 6.07) is 19.1. The number of allylic oxidation sites excluding steroid dienone is 2. The van der Waals surface area contributed by atoms with E-state index < -0.39 is 0 Å². The molecular weight excluding hydrogens is 292 g/mol. The number of nitrogens with zero attached hydrogens (tertiary/aromatic N) is 1. The Morgan fingerprint density at radius 1 is 0.958 bits per heavy atom. The molecular formula is C22H26N2. The molecule has 0 amide bonds. The van der Waals surface area contributed by atoms with E-state index in [0.717, 1.165) is 6.54 Å². The second kappa shape index (κ2) is 6.56. The normalized spacial score (nSPS) is 19.7. The fourth-order valence-electron chi connectivity index (χ4n) is 3.18. The third kappa shape index (κ3) is 3.23. The minimum Gasteiger partial charge on any atom is -0.382 e. The lowest BCUT2D eigenvalue weighted by Gasteiger charge is -2.27. The van der Waals surface area contributed by atoms with Crippen LogP contribution >= 0.6 is 0 Å². The van der Waals surface area contributed by atoms with Gasteiger partial charge in [-0.2, -0.15) is 0 Å². The first-order valence-electron chi connectivity index (χ1n) is 8.47. The van der Waals surface area contributed by atoms with E-state index in [1.165, 1.54) is 28.1 Å². The highest BCUT2D eigenvalue weighted by Crippen LogP contribution is 2.40. The van der Waals surface area contributed by atoms with E-state index in [9.17, 15) is 0 Å². The highest BCUT2D eigenvalue weighted by atomic mass is 15.1. The number of hydrogen-bond acceptors (Lipinski definition) is 2. The van der Waals surface area contributed by atoms with Crippen LogP contribution in [0.1, 0.15) is 19.4 Å². The molecule has 0 aromatic heterocycles. The summed E-state index contributed by atoms with van der Waals surface area (Å²) >= 11 is 0. The largest absolute Gasteiger partial charge is 0.382 e. The highest BCUT2D eigenvalue weighted by molar-refractivity contribution is 5.79. The van der Waals surface area contributed by atoms with E-state index in [1.807, 2.05) is 0 Å². The van der Waals surface area contributed by atoms with Crippen LogP contribution < -0.4 is 10.2 Å². The van der Waals surface area contributed by atoms with Crippen molar-refractivity contribution < 1.29 is 0 Å². The standard InChI is InChI=1S/C22H26N2/c1-17-14-19(18-10-6-5-7-11-18)15-22(17,2)16-23-20-12-8-9-13-21(20)24(3)4/h5-15,23H,16H2,1-4H3/t22-/m0/s1. The topological polar surface area (TPSA) is 15.3 Å². The Balaban J connectivity index is 1.81. The van der Waals surface area contributed by atoms with Crippen LogP contribution in [0.3, 0.4) is 0 Å². The molecule has 0 radical (unpaired) electrons. The monoisotopic (exact) mass is 318 g/mol. The number of rotatable bonds is 5. The van der Waals surface area contributed by atoms with Gasteiger partial charge in [-0.05, 0) is 30.2 Å². The van der Waals surface area contributed by atoms with Crippen LogP contribution in [-0.2, 0) is 0 Å². The molecule has 1 N–H and O–H groups in total. The van der Waals surface area contributed by atoms with Crippen LogP contribution in [0.4, 0.5) is 11.4 Å². The molecule has 0 bridgehead atoms. The van der Waals surface area contributed by atoms with Gasteiger partial charge in [0, 0.05) is 26.1 Å². The quantitative estimate of drug-likeness (QED) is 0.813. The molecule has 1 aliphatic rings. The number of nitrogens with one attached hydrogen (secondary N) is 1. The first kappa shape index (κ1) is 16.4. The molecule has 0 aliphatic heterocycles. The molecule has 2 aromatic carbocycles. The maximum Gasteiger partial charge on any atom is 0.0596 e. The number of anilines is 2. The molecule has 0 heterocycles. The Morgan fingerprint density at radius 2 is 1.62 bits per heavy atom. The van der Waals surface area contributed by atoms with Gasteiger partial charge in [-0.15, -0.1) is 0 Å². The zero-order chi connectivity index (χ0) is 17.2. The van der Waals surface area contributed by atoms with Crippen LogP contribution in [0.25, 0.3) is 5.57 Å². The van der Waals surface area contributed by atoms with Gasteiger partial charge in [0.2, 0.25) is 0 Å². The smallest absolute Gasteiger partial charge is 0.0596 e. The Kier molecular flexibility index (Phi) is 4.48. The van der Waals surface area contributed by atoms with Crippen LogP contribution in [0.15, 0.2) is 72.3 Å². The predicted molar refractivity (Wildman–Crippen MR) is 106 cm³/mol. The number of para-hydroxylation sites is 2. The Morgan fingerprint density at radius 3 is 2.33 bits per heavy atom. The molecule has 0 saturated heterocycles. The number of hydrogen-bond donors (Lipinski definition) is 1. The third-order valence-electron chi connectivity index (χ3n) is 4.89. The predicted octanol–water partition coefficient (Wildman–Crippen LogP) is 5.21. The van der Waals surface area contributed by atoms with Crippen molar-refractivity contribution in [1.29, 1.82) is 0 Å². The second-order valence-electron chi connectivity index (χ2n) is 6.98. The molecule has 0 fully saturated rings. The molecule has 1 aliphatic carbocycles. The van der Waals surface area contributed by atoms with E-state index in [2.05, 4.69) is 105 Å². The molecule has 2 nitrogen and oxygen atoms in total. The fraction of sp³-hybridized carbons (Fsp3) is 0.273. The van der Waals surface area contributed by atoms with Crippen LogP contribution in [0.2, 0.25) is 0 Å². The van der Waals surface area contributed by atoms with E-state index in [0.29, 0.717) is 0 Å². The fourth-order valence-corrected chi connectivity index (χ4v) is 3.18. The molecule has 124 valence electrons. The van der Waals surface area contributed by atoms with Crippen molar-refractivity contribution in [1.82, 2.24) is 0 Å². The lowest BCUT2D eigenvalue weighted by molar-refractivity contribution is 0.557. The average Bonchev–Trinajstić information content (AvgIpc) is 2.90. The average molecular weight is 318 g/mol. The summed E-state index contributed by atoms with van der Waals surface area (Å²) in [7, 11) is 4.16. The molecule has 2 aromatic rings. The number of benzene rings is 2. The van der Waals surface area contributed by atoms with Crippen molar-refractivity contribution in [3.63, 3.8) is 0 Å². The van der Waals surface area contributed by atoms with Crippen molar-refractivity contribution >= 4 is 16.9 Å². The van der Waals surface area contributed by atoms with Crippen molar-refractivity contribution in [3.05, 3.63) is 77.9 Å². The molecule has 1 atom stereocenters. The minimum absolute atomic E-state index is 0.0323. The molecule has 3 rings (SSSR count). The maximum atomic E-state index is 3.65. The lowest BCUT2D eigenvalue weighted by atomic mass is 9.85. The SMILES string of the molecule is CC1=CC(c2ccccc2)=C[C@@]1(C)CNc1ccccc1N(C)C. The van der Waals surface area contributed by atoms with E-state index >= 15 is 0 Å². The van der Waals surface area contributed by atoms with Crippen LogP contribution in [0.5, 0.6) is 0 Å². The zero-order valence-electron chi connectivity index (χ0n) is 15.0. The first-order chi connectivity index (χ1) is 11.5. The minimum atomic E-state index is 0.0323. The van der Waals surface area contributed by atoms with Gasteiger partial charge in [0.05, 0.1) is 11.4 Å². The van der Waals surface area contributed by atoms with Gasteiger partial charge < -0.3 is 10.2 Å². The summed E-state index contributed by atoms with van der Waals surface area (Å²) < 4.78 is 0. The van der Waals surface area contributed by atoms with Gasteiger partial charge in [0.15, 0.2) is 0 Å². The van der Waals surface area contributed by atoms with E-state index in [1.54, 1.807) is 0 Å². The van der Waals surface area contributed by atoms with Crippen LogP contribution in [0, 0.1) is 5.41 Å². The van der Waals surface area contributed by atoms with Crippen molar-refractivity contribution in [2.45, 2.75) is 13.8 Å². The molecule has 2 heteroatoms. The molecule has 24 heavy (non-hydrogen) atoms. The highest BCUT2D eigenvalue weighted by Gasteiger charge is 2.29. The van der Waals surface area contributed by atoms with Gasteiger partial charge in [-0.3, -0.25) is 0 Å². The van der Waals surface area contributed by atoms with Crippen molar-refractivity contribution in [3.8, 4) is 0 Å². The molecule has 0 spiro atoms. The summed E-state index contributed by atoms with van der Waals surface area (Å²) in [4.78, 5) is 2.15. The molecule has 0 saturated carbocycles. The maximum absolute atomic E-state index is 3.65. The third-order valence-corrected chi connectivity index (χ3v) is 4.89. The summed E-state index contributed by atoms with van der Waals surface area (Å²) in [5, 5.41) is 3.65. The Labute approximate surface area is 145 Å². The van der Waals surface area contributed by atoms with Gasteiger partial charge >= 0.3 is 0 Å². The molecule has 0 unspecified atom stereocenters. The van der Waals surface area contributed by atoms with Crippen LogP contribution in [-0.4, -0.2) is 20.6 Å². The van der Waals surface area contributed by atoms with Crippen molar-refractivity contribution in [2.24, 2.45) is 5.41 Å². The van der Waals surface area contributed by atoms with E-state index in [4.69, 9.17) is 0 Å². The summed E-state index contributed by atoms with van der Waals surface area (Å²) in [5.74, 6) is 0. The lowest BCUT2D eigenvalue weighted by Crippen LogP contribution is -2.25. The van der Waals surface area contributed by atoms with E-state index in [-0.39, 0.29) is 5.41 Å². The first-order valence-corrected chi connectivity index (χ1v) is 8.47. The van der Waals surface area contributed by atoms with Gasteiger partial charge in [-0.25, -0.2) is 0 Å². The Hall–Kier alpha value is -2.48. The van der Waals surface area contributed by atoms with Gasteiger partial charge in [-0.1, -0.05) is 67.1 Å². The summed E-state index contributed by atoms with van der Waals surface area (Å²) in [5.41, 5.74) is 6.43. The van der Waals surface area contributed by atoms with Crippen molar-refractivity contribution in [2.75, 3.05) is 30.9 Å². The zero-order valence-corrected chi connectivity index (χ0v) is 15.0. The second-order valence-corrected chi connectivity index (χ2v) is 6.98. The van der Waals surface area contributed by atoms with Gasteiger partial charge in [0.25, 0.3) is 0 Å². The Bertz CT molecular complexity index is 772. The van der Waals surface area contributed by atoms with Gasteiger partial charge in [0.1, 0.15) is 0 Å². The summed E-state index contributed by atoms with van der Waals surface area (Å²) in [6.07, 6.45) is 4.71. The summed E-state index contributed by atoms with van der Waals surface area (Å²) in [6.45, 7) is 5.42.